The van der Waals surface area contributed by atoms with Crippen molar-refractivity contribution in [2.24, 2.45) is 0 Å². The third-order valence-electron chi connectivity index (χ3n) is 5.15. The summed E-state index contributed by atoms with van der Waals surface area (Å²) in [7, 11) is 1.55. The van der Waals surface area contributed by atoms with E-state index in [-0.39, 0.29) is 34.5 Å². The molecule has 4 rings (SSSR count). The highest BCUT2D eigenvalue weighted by Gasteiger charge is 2.37. The van der Waals surface area contributed by atoms with Gasteiger partial charge in [-0.1, -0.05) is 12.1 Å². The van der Waals surface area contributed by atoms with E-state index in [1.54, 1.807) is 38.3 Å². The van der Waals surface area contributed by atoms with Crippen molar-refractivity contribution in [1.29, 1.82) is 0 Å². The lowest BCUT2D eigenvalue weighted by Gasteiger charge is -2.28. The number of rotatable bonds is 3. The summed E-state index contributed by atoms with van der Waals surface area (Å²) >= 11 is 0. The minimum absolute atomic E-state index is 0.00575. The Hall–Kier alpha value is -3.61. The number of Topliss-reactive ketones (excluding diaryl/α,β-unsaturated/α-hetero) is 1. The van der Waals surface area contributed by atoms with Crippen molar-refractivity contribution in [3.8, 4) is 17.2 Å². The molecule has 1 aromatic heterocycles. The van der Waals surface area contributed by atoms with Crippen LogP contribution in [0, 0.1) is 6.92 Å². The Morgan fingerprint density at radius 1 is 1.21 bits per heavy atom. The first-order valence-electron chi connectivity index (χ1n) is 9.00. The maximum absolute atomic E-state index is 12.4. The molecule has 0 unspecified atom stereocenters. The fraction of sp³-hybridized carbons (Fsp3) is 0.227. The maximum Gasteiger partial charge on any atom is 0.336 e. The third kappa shape index (κ3) is 2.95. The number of aryl methyl sites for hydroxylation is 1. The molecule has 1 N–H and O–H groups in total. The first kappa shape index (κ1) is 18.7. The van der Waals surface area contributed by atoms with E-state index in [0.29, 0.717) is 16.9 Å². The summed E-state index contributed by atoms with van der Waals surface area (Å²) in [5.74, 6) is -1.31. The summed E-state index contributed by atoms with van der Waals surface area (Å²) in [5.41, 5.74) is 1.03. The second kappa shape index (κ2) is 6.77. The topological polar surface area (TPSA) is 103 Å². The zero-order chi connectivity index (χ0) is 20.9. The van der Waals surface area contributed by atoms with E-state index in [4.69, 9.17) is 13.9 Å². The number of methoxy groups -OCH3 is 1. The Morgan fingerprint density at radius 2 is 1.90 bits per heavy atom. The molecule has 7 nitrogen and oxygen atoms in total. The summed E-state index contributed by atoms with van der Waals surface area (Å²) in [6.07, 6.45) is -0.00575. The molecule has 2 aromatic carbocycles. The number of carbonyl (C=O) groups is 2. The molecule has 0 bridgehead atoms. The minimum atomic E-state index is -0.599. The molecule has 1 aliphatic heterocycles. The van der Waals surface area contributed by atoms with Gasteiger partial charge >= 0.3 is 11.6 Å². The van der Waals surface area contributed by atoms with Gasteiger partial charge in [-0.2, -0.15) is 0 Å². The van der Waals surface area contributed by atoms with E-state index in [9.17, 15) is 19.5 Å². The molecule has 1 aliphatic rings. The summed E-state index contributed by atoms with van der Waals surface area (Å²) in [5, 5.41) is 11.0. The molecule has 0 saturated carbocycles. The number of ether oxygens (including phenoxy) is 2. The second-order valence-electron chi connectivity index (χ2n) is 6.98. The van der Waals surface area contributed by atoms with Crippen LogP contribution in [0.5, 0.6) is 17.2 Å². The predicted octanol–water partition coefficient (Wildman–Crippen LogP) is 3.46. The van der Waals surface area contributed by atoms with Crippen molar-refractivity contribution in [3.05, 3.63) is 63.0 Å². The van der Waals surface area contributed by atoms with Crippen LogP contribution in [0.2, 0.25) is 0 Å². The Labute approximate surface area is 165 Å². The third-order valence-corrected chi connectivity index (χ3v) is 5.15. The van der Waals surface area contributed by atoms with Crippen LogP contribution in [-0.4, -0.2) is 24.0 Å². The van der Waals surface area contributed by atoms with E-state index in [0.717, 1.165) is 5.56 Å². The normalized spacial score (nSPS) is 15.7. The molecule has 148 valence electrons. The monoisotopic (exact) mass is 394 g/mol. The molecular weight excluding hydrogens is 376 g/mol. The van der Waals surface area contributed by atoms with Gasteiger partial charge in [-0.15, -0.1) is 0 Å². The SMILES string of the molecule is COc1ccc([C@H]2CC(=O)Oc3c(C(C)=O)c(O)c4c(C)cc(=O)oc4c32)cc1. The van der Waals surface area contributed by atoms with Crippen molar-refractivity contribution in [2.75, 3.05) is 7.11 Å². The fourth-order valence-electron chi connectivity index (χ4n) is 3.86. The van der Waals surface area contributed by atoms with Gasteiger partial charge in [-0.3, -0.25) is 9.59 Å². The molecule has 0 aliphatic carbocycles. The summed E-state index contributed by atoms with van der Waals surface area (Å²) in [6.45, 7) is 2.92. The van der Waals surface area contributed by atoms with Gasteiger partial charge in [-0.25, -0.2) is 4.79 Å². The average Bonchev–Trinajstić information content (AvgIpc) is 2.66. The molecule has 0 spiro atoms. The summed E-state index contributed by atoms with van der Waals surface area (Å²) < 4.78 is 16.0. The van der Waals surface area contributed by atoms with Crippen LogP contribution in [0.4, 0.5) is 0 Å². The molecule has 2 heterocycles. The number of esters is 1. The quantitative estimate of drug-likeness (QED) is 0.314. The van der Waals surface area contributed by atoms with E-state index in [2.05, 4.69) is 0 Å². The molecule has 3 aromatic rings. The van der Waals surface area contributed by atoms with E-state index < -0.39 is 23.3 Å². The van der Waals surface area contributed by atoms with Crippen molar-refractivity contribution in [1.82, 2.24) is 0 Å². The molecule has 7 heteroatoms. The summed E-state index contributed by atoms with van der Waals surface area (Å²) in [4.78, 5) is 36.8. The Kier molecular flexibility index (Phi) is 4.38. The van der Waals surface area contributed by atoms with Gasteiger partial charge in [0.15, 0.2) is 11.5 Å². The number of phenols is 1. The van der Waals surface area contributed by atoms with Crippen LogP contribution in [0.25, 0.3) is 11.0 Å². The van der Waals surface area contributed by atoms with Gasteiger partial charge in [0, 0.05) is 17.5 Å². The van der Waals surface area contributed by atoms with Gasteiger partial charge in [0.1, 0.15) is 22.6 Å². The fourth-order valence-corrected chi connectivity index (χ4v) is 3.86. The first-order chi connectivity index (χ1) is 13.8. The van der Waals surface area contributed by atoms with Gasteiger partial charge in [-0.05, 0) is 37.1 Å². The van der Waals surface area contributed by atoms with E-state index >= 15 is 0 Å². The molecule has 0 fully saturated rings. The first-order valence-corrected chi connectivity index (χ1v) is 9.00. The van der Waals surface area contributed by atoms with E-state index in [1.165, 1.54) is 13.0 Å². The lowest BCUT2D eigenvalue weighted by molar-refractivity contribution is -0.135. The maximum atomic E-state index is 12.4. The Balaban J connectivity index is 2.12. The lowest BCUT2D eigenvalue weighted by Crippen LogP contribution is -2.23. The van der Waals surface area contributed by atoms with Crippen LogP contribution in [0.3, 0.4) is 0 Å². The van der Waals surface area contributed by atoms with Gasteiger partial charge < -0.3 is 19.0 Å². The summed E-state index contributed by atoms with van der Waals surface area (Å²) in [6, 6.07) is 8.35. The van der Waals surface area contributed by atoms with Gasteiger partial charge in [0.2, 0.25) is 0 Å². The van der Waals surface area contributed by atoms with Crippen LogP contribution in [-0.2, 0) is 4.79 Å². The number of carbonyl (C=O) groups excluding carboxylic acids is 2. The largest absolute Gasteiger partial charge is 0.506 e. The molecule has 1 atom stereocenters. The Bertz CT molecular complexity index is 1220. The van der Waals surface area contributed by atoms with Crippen molar-refractivity contribution >= 4 is 22.7 Å². The highest BCUT2D eigenvalue weighted by Crippen LogP contribution is 2.49. The zero-order valence-corrected chi connectivity index (χ0v) is 16.1. The van der Waals surface area contributed by atoms with Gasteiger partial charge in [0.25, 0.3) is 0 Å². The molecule has 0 saturated heterocycles. The second-order valence-corrected chi connectivity index (χ2v) is 6.98. The van der Waals surface area contributed by atoms with Crippen molar-refractivity contribution in [3.63, 3.8) is 0 Å². The van der Waals surface area contributed by atoms with Crippen LogP contribution in [0.15, 0.2) is 39.5 Å². The number of fused-ring (bicyclic) bond motifs is 3. The molecule has 0 amide bonds. The lowest BCUT2D eigenvalue weighted by atomic mass is 9.83. The number of aromatic hydroxyl groups is 1. The standard InChI is InChI=1S/C22H18O7/c1-10-8-15(24)28-21-17(10)20(26)18(11(2)23)22-19(21)14(9-16(25)29-22)12-4-6-13(27-3)7-5-12/h4-8,14,26H,9H2,1-3H3/t14-/m1/s1. The Morgan fingerprint density at radius 3 is 2.52 bits per heavy atom. The minimum Gasteiger partial charge on any atom is -0.506 e. The number of benzene rings is 2. The van der Waals surface area contributed by atoms with Crippen molar-refractivity contribution in [2.45, 2.75) is 26.2 Å². The van der Waals surface area contributed by atoms with Crippen LogP contribution >= 0.6 is 0 Å². The highest BCUT2D eigenvalue weighted by atomic mass is 16.5. The van der Waals surface area contributed by atoms with E-state index in [1.807, 2.05) is 0 Å². The molecular formula is C22H18O7. The molecule has 29 heavy (non-hydrogen) atoms. The zero-order valence-electron chi connectivity index (χ0n) is 16.1. The smallest absolute Gasteiger partial charge is 0.336 e. The van der Waals surface area contributed by atoms with Gasteiger partial charge in [0.05, 0.1) is 18.9 Å². The molecule has 0 radical (unpaired) electrons. The number of phenolic OH excluding ortho intramolecular Hbond substituents is 1. The predicted molar refractivity (Wildman–Crippen MR) is 104 cm³/mol. The van der Waals surface area contributed by atoms with Crippen LogP contribution in [0.1, 0.15) is 46.3 Å². The number of ketones is 1. The number of hydrogen-bond acceptors (Lipinski definition) is 7. The average molecular weight is 394 g/mol. The van der Waals surface area contributed by atoms with Crippen LogP contribution < -0.4 is 15.1 Å². The highest BCUT2D eigenvalue weighted by molar-refractivity contribution is 6.09. The number of hydrogen-bond donors (Lipinski definition) is 1. The van der Waals surface area contributed by atoms with Crippen molar-refractivity contribution < 1.29 is 28.6 Å².